The largest absolute Gasteiger partial charge is 0.218 e. The molecule has 0 aliphatic carbocycles. The van der Waals surface area contributed by atoms with E-state index in [4.69, 9.17) is 0 Å². The predicted octanol–water partition coefficient (Wildman–Crippen LogP) is 0.868. The Morgan fingerprint density at radius 3 is 3.20 bits per heavy atom. The van der Waals surface area contributed by atoms with E-state index in [1.54, 1.807) is 6.07 Å². The number of hydrogen-bond acceptors (Lipinski definition) is 2. The average molecular weight is 137 g/mol. The third-order valence-corrected chi connectivity index (χ3v) is 1.24. The lowest BCUT2D eigenvalue weighted by Gasteiger charge is -1.88. The summed E-state index contributed by atoms with van der Waals surface area (Å²) in [6.07, 6.45) is 2.66. The lowest BCUT2D eigenvalue weighted by atomic mass is 10.5. The van der Waals surface area contributed by atoms with Crippen LogP contribution in [0.15, 0.2) is 24.7 Å². The second kappa shape index (κ2) is 1.76. The summed E-state index contributed by atoms with van der Waals surface area (Å²) in [4.78, 5) is 3.84. The highest BCUT2D eigenvalue weighted by Gasteiger charge is 1.93. The summed E-state index contributed by atoms with van der Waals surface area (Å²) in [6, 6.07) is 2.92. The molecule has 2 aromatic rings. The Bertz CT molecular complexity index is 355. The summed E-state index contributed by atoms with van der Waals surface area (Å²) < 4.78 is 13.8. The van der Waals surface area contributed by atoms with Gasteiger partial charge >= 0.3 is 0 Å². The van der Waals surface area contributed by atoms with Crippen molar-refractivity contribution in [3.05, 3.63) is 30.5 Å². The zero-order chi connectivity index (χ0) is 6.97. The summed E-state index contributed by atoms with van der Waals surface area (Å²) >= 11 is 0. The highest BCUT2D eigenvalue weighted by atomic mass is 19.1. The predicted molar refractivity (Wildman–Crippen MR) is 32.9 cm³/mol. The molecule has 4 heteroatoms. The van der Waals surface area contributed by atoms with E-state index in [-0.39, 0.29) is 5.82 Å². The number of fused-ring (bicyclic) bond motifs is 1. The molecule has 0 aliphatic rings. The van der Waals surface area contributed by atoms with Gasteiger partial charge in [-0.3, -0.25) is 0 Å². The Hall–Kier alpha value is -1.45. The number of nitrogens with zero attached hydrogens (tertiary/aromatic N) is 3. The fraction of sp³-hybridized carbons (Fsp3) is 0. The first-order chi connectivity index (χ1) is 4.86. The molecular weight excluding hydrogens is 133 g/mol. The summed E-state index contributed by atoms with van der Waals surface area (Å²) in [5.74, 6) is -0.307. The van der Waals surface area contributed by atoms with Gasteiger partial charge in [-0.1, -0.05) is 0 Å². The summed E-state index contributed by atoms with van der Waals surface area (Å²) in [5.41, 5.74) is 0.654. The van der Waals surface area contributed by atoms with Crippen LogP contribution in [0, 0.1) is 5.82 Å². The Morgan fingerprint density at radius 1 is 1.40 bits per heavy atom. The van der Waals surface area contributed by atoms with Gasteiger partial charge in [0.25, 0.3) is 0 Å². The van der Waals surface area contributed by atoms with E-state index in [0.717, 1.165) is 0 Å². The van der Waals surface area contributed by atoms with Crippen LogP contribution in [0.3, 0.4) is 0 Å². The molecule has 2 heterocycles. The lowest BCUT2D eigenvalue weighted by molar-refractivity contribution is 0.614. The third kappa shape index (κ3) is 0.655. The molecule has 0 amide bonds. The van der Waals surface area contributed by atoms with Crippen molar-refractivity contribution in [2.45, 2.75) is 0 Å². The molecule has 0 atom stereocenters. The van der Waals surface area contributed by atoms with Crippen LogP contribution in [0.2, 0.25) is 0 Å². The molecular formula is C6H4FN3. The van der Waals surface area contributed by atoms with Crippen molar-refractivity contribution in [1.29, 1.82) is 0 Å². The van der Waals surface area contributed by atoms with E-state index < -0.39 is 0 Å². The van der Waals surface area contributed by atoms with Gasteiger partial charge in [0.2, 0.25) is 0 Å². The molecule has 0 aliphatic heterocycles. The smallest absolute Gasteiger partial charge is 0.155 e. The topological polar surface area (TPSA) is 30.2 Å². The minimum atomic E-state index is -0.307. The summed E-state index contributed by atoms with van der Waals surface area (Å²) in [6.45, 7) is 0. The Morgan fingerprint density at radius 2 is 2.30 bits per heavy atom. The molecule has 0 unspecified atom stereocenters. The summed E-state index contributed by atoms with van der Waals surface area (Å²) in [7, 11) is 0. The molecule has 0 radical (unpaired) electrons. The number of pyridine rings is 1. The lowest BCUT2D eigenvalue weighted by Crippen LogP contribution is -1.87. The van der Waals surface area contributed by atoms with E-state index in [2.05, 4.69) is 10.1 Å². The van der Waals surface area contributed by atoms with Gasteiger partial charge in [-0.25, -0.2) is 13.9 Å². The van der Waals surface area contributed by atoms with Crippen molar-refractivity contribution in [2.24, 2.45) is 0 Å². The van der Waals surface area contributed by atoms with Crippen molar-refractivity contribution in [3.63, 3.8) is 0 Å². The van der Waals surface area contributed by atoms with Gasteiger partial charge in [-0.05, 0) is 12.1 Å². The second-order valence-corrected chi connectivity index (χ2v) is 1.91. The minimum Gasteiger partial charge on any atom is -0.218 e. The molecule has 0 saturated carbocycles. The quantitative estimate of drug-likeness (QED) is 0.539. The number of rotatable bonds is 0. The molecule has 2 rings (SSSR count). The Kier molecular flexibility index (Phi) is 0.943. The molecule has 3 nitrogen and oxygen atoms in total. The molecule has 0 N–H and O–H groups in total. The van der Waals surface area contributed by atoms with Crippen molar-refractivity contribution in [2.75, 3.05) is 0 Å². The van der Waals surface area contributed by atoms with Gasteiger partial charge in [0.05, 0.1) is 6.20 Å². The van der Waals surface area contributed by atoms with E-state index in [0.29, 0.717) is 5.65 Å². The number of hydrogen-bond donors (Lipinski definition) is 0. The molecule has 0 saturated heterocycles. The van der Waals surface area contributed by atoms with Crippen LogP contribution in [0.1, 0.15) is 0 Å². The van der Waals surface area contributed by atoms with Crippen molar-refractivity contribution in [1.82, 2.24) is 14.6 Å². The van der Waals surface area contributed by atoms with Gasteiger partial charge in [0.15, 0.2) is 5.65 Å². The van der Waals surface area contributed by atoms with Crippen LogP contribution in [-0.2, 0) is 0 Å². The van der Waals surface area contributed by atoms with Gasteiger partial charge in [-0.2, -0.15) is 5.10 Å². The van der Waals surface area contributed by atoms with Crippen LogP contribution in [0.5, 0.6) is 0 Å². The standard InChI is InChI=1S/C6H4FN3/c7-5-1-2-6-8-4-9-10(6)3-5/h1-4H. The third-order valence-electron chi connectivity index (χ3n) is 1.24. The average Bonchev–Trinajstić information content (AvgIpc) is 2.33. The Labute approximate surface area is 56.1 Å². The summed E-state index contributed by atoms with van der Waals surface area (Å²) in [5, 5.41) is 3.75. The molecule has 0 fully saturated rings. The first-order valence-electron chi connectivity index (χ1n) is 2.81. The minimum absolute atomic E-state index is 0.307. The maximum Gasteiger partial charge on any atom is 0.155 e. The zero-order valence-electron chi connectivity index (χ0n) is 5.03. The number of halogens is 1. The van der Waals surface area contributed by atoms with Gasteiger partial charge < -0.3 is 0 Å². The molecule has 0 spiro atoms. The van der Waals surface area contributed by atoms with Gasteiger partial charge in [-0.15, -0.1) is 0 Å². The van der Waals surface area contributed by atoms with E-state index >= 15 is 0 Å². The first kappa shape index (κ1) is 5.34. The maximum absolute atomic E-state index is 12.4. The van der Waals surface area contributed by atoms with Crippen LogP contribution in [0.4, 0.5) is 4.39 Å². The fourth-order valence-electron chi connectivity index (χ4n) is 0.792. The van der Waals surface area contributed by atoms with Crippen molar-refractivity contribution < 1.29 is 4.39 Å². The first-order valence-corrected chi connectivity index (χ1v) is 2.81. The molecule has 50 valence electrons. The van der Waals surface area contributed by atoms with Crippen LogP contribution < -0.4 is 0 Å². The van der Waals surface area contributed by atoms with E-state index in [1.165, 1.54) is 23.1 Å². The van der Waals surface area contributed by atoms with Crippen LogP contribution in [-0.4, -0.2) is 14.6 Å². The maximum atomic E-state index is 12.4. The highest BCUT2D eigenvalue weighted by molar-refractivity contribution is 5.34. The van der Waals surface area contributed by atoms with E-state index in [9.17, 15) is 4.39 Å². The fourth-order valence-corrected chi connectivity index (χ4v) is 0.792. The normalized spacial score (nSPS) is 10.5. The van der Waals surface area contributed by atoms with Gasteiger partial charge in [0.1, 0.15) is 12.1 Å². The zero-order valence-corrected chi connectivity index (χ0v) is 5.03. The molecule has 0 aromatic carbocycles. The SMILES string of the molecule is Fc1ccc2ncnn2c1. The molecule has 2 aromatic heterocycles. The van der Waals surface area contributed by atoms with Crippen LogP contribution in [0.25, 0.3) is 5.65 Å². The van der Waals surface area contributed by atoms with Crippen molar-refractivity contribution in [3.8, 4) is 0 Å². The molecule has 0 bridgehead atoms. The monoisotopic (exact) mass is 137 g/mol. The van der Waals surface area contributed by atoms with Crippen LogP contribution >= 0.6 is 0 Å². The van der Waals surface area contributed by atoms with Gasteiger partial charge in [0, 0.05) is 0 Å². The number of aromatic nitrogens is 3. The Balaban J connectivity index is 2.86. The highest BCUT2D eigenvalue weighted by Crippen LogP contribution is 1.99. The van der Waals surface area contributed by atoms with Crippen molar-refractivity contribution >= 4 is 5.65 Å². The second-order valence-electron chi connectivity index (χ2n) is 1.91. The molecule has 10 heavy (non-hydrogen) atoms. The van der Waals surface area contributed by atoms with E-state index in [1.807, 2.05) is 0 Å².